The van der Waals surface area contributed by atoms with E-state index in [-0.39, 0.29) is 0 Å². The Morgan fingerprint density at radius 2 is 1.56 bits per heavy atom. The summed E-state index contributed by atoms with van der Waals surface area (Å²) in [5.41, 5.74) is 4.48. The number of hydrogen-bond acceptors (Lipinski definition) is 4. The van der Waals surface area contributed by atoms with Gasteiger partial charge in [0.05, 0.1) is 5.52 Å². The summed E-state index contributed by atoms with van der Waals surface area (Å²) in [7, 11) is 0. The Kier molecular flexibility index (Phi) is 2.63. The monoisotopic (exact) mass is 236 g/mol. The van der Waals surface area contributed by atoms with Crippen molar-refractivity contribution in [2.24, 2.45) is 5.84 Å². The van der Waals surface area contributed by atoms with E-state index in [1.807, 2.05) is 54.6 Å². The molecule has 0 saturated carbocycles. The maximum atomic E-state index is 5.52. The van der Waals surface area contributed by atoms with Crippen LogP contribution in [0, 0.1) is 0 Å². The molecule has 0 bridgehead atoms. The molecular formula is C14H12N4. The highest BCUT2D eigenvalue weighted by Gasteiger charge is 2.07. The summed E-state index contributed by atoms with van der Waals surface area (Å²) in [5, 5.41) is 0.916. The first-order chi connectivity index (χ1) is 8.88. The Balaban J connectivity index is 2.26. The van der Waals surface area contributed by atoms with Crippen LogP contribution in [0.4, 0.5) is 5.82 Å². The molecule has 3 aromatic rings. The molecule has 0 radical (unpaired) electrons. The Labute approximate surface area is 104 Å². The van der Waals surface area contributed by atoms with E-state index >= 15 is 0 Å². The molecule has 0 aliphatic heterocycles. The molecule has 4 heteroatoms. The van der Waals surface area contributed by atoms with Crippen LogP contribution in [0.5, 0.6) is 0 Å². The average molecular weight is 236 g/mol. The lowest BCUT2D eigenvalue weighted by Gasteiger charge is -2.07. The van der Waals surface area contributed by atoms with Gasteiger partial charge in [-0.15, -0.1) is 0 Å². The van der Waals surface area contributed by atoms with Crippen LogP contribution < -0.4 is 11.3 Å². The second kappa shape index (κ2) is 4.43. The molecule has 0 unspecified atom stereocenters. The minimum absolute atomic E-state index is 0.638. The van der Waals surface area contributed by atoms with Gasteiger partial charge in [0.25, 0.3) is 0 Å². The highest BCUT2D eigenvalue weighted by atomic mass is 15.3. The minimum atomic E-state index is 0.638. The molecular weight excluding hydrogens is 224 g/mol. The summed E-state index contributed by atoms with van der Waals surface area (Å²) in [6.45, 7) is 0. The molecule has 0 atom stereocenters. The van der Waals surface area contributed by atoms with Gasteiger partial charge in [0, 0.05) is 10.9 Å². The van der Waals surface area contributed by atoms with Crippen LogP contribution in [0.15, 0.2) is 54.6 Å². The molecule has 0 spiro atoms. The number of aromatic nitrogens is 2. The van der Waals surface area contributed by atoms with Crippen molar-refractivity contribution in [2.45, 2.75) is 0 Å². The van der Waals surface area contributed by atoms with Gasteiger partial charge in [-0.05, 0) is 12.1 Å². The molecule has 2 aromatic carbocycles. The van der Waals surface area contributed by atoms with Gasteiger partial charge in [-0.25, -0.2) is 15.8 Å². The number of nitrogens with one attached hydrogen (secondary N) is 1. The number of nitrogen functional groups attached to an aromatic ring is 1. The largest absolute Gasteiger partial charge is 0.308 e. The SMILES string of the molecule is NNc1nc(-c2ccccc2)nc2ccccc12. The topological polar surface area (TPSA) is 63.8 Å². The fraction of sp³-hybridized carbons (Fsp3) is 0. The van der Waals surface area contributed by atoms with Gasteiger partial charge in [-0.1, -0.05) is 42.5 Å². The Bertz CT molecular complexity index is 680. The molecule has 18 heavy (non-hydrogen) atoms. The number of hydrazine groups is 1. The fourth-order valence-corrected chi connectivity index (χ4v) is 1.90. The normalized spacial score (nSPS) is 10.5. The molecule has 0 aliphatic carbocycles. The number of para-hydroxylation sites is 1. The number of anilines is 1. The average Bonchev–Trinajstić information content (AvgIpc) is 2.47. The lowest BCUT2D eigenvalue weighted by Crippen LogP contribution is -2.10. The Morgan fingerprint density at radius 3 is 2.33 bits per heavy atom. The third-order valence-corrected chi connectivity index (χ3v) is 2.77. The van der Waals surface area contributed by atoms with Crippen molar-refractivity contribution >= 4 is 16.7 Å². The molecule has 0 fully saturated rings. The van der Waals surface area contributed by atoms with Crippen LogP contribution in [-0.4, -0.2) is 9.97 Å². The maximum Gasteiger partial charge on any atom is 0.162 e. The first-order valence-electron chi connectivity index (χ1n) is 5.67. The Morgan fingerprint density at radius 1 is 0.833 bits per heavy atom. The molecule has 88 valence electrons. The van der Waals surface area contributed by atoms with Gasteiger partial charge in [-0.3, -0.25) is 0 Å². The zero-order chi connectivity index (χ0) is 12.4. The lowest BCUT2D eigenvalue weighted by molar-refractivity contribution is 1.19. The zero-order valence-corrected chi connectivity index (χ0v) is 9.67. The van der Waals surface area contributed by atoms with Gasteiger partial charge in [0.1, 0.15) is 0 Å². The third kappa shape index (κ3) is 1.78. The molecule has 0 saturated heterocycles. The first kappa shape index (κ1) is 10.7. The van der Waals surface area contributed by atoms with Gasteiger partial charge in [0.2, 0.25) is 0 Å². The molecule has 3 rings (SSSR count). The number of nitrogens with two attached hydrogens (primary N) is 1. The predicted octanol–water partition coefficient (Wildman–Crippen LogP) is 2.58. The van der Waals surface area contributed by atoms with Crippen LogP contribution >= 0.6 is 0 Å². The van der Waals surface area contributed by atoms with Crippen molar-refractivity contribution in [3.63, 3.8) is 0 Å². The number of rotatable bonds is 2. The summed E-state index contributed by atoms with van der Waals surface area (Å²) < 4.78 is 0. The van der Waals surface area contributed by atoms with Crippen molar-refractivity contribution in [2.75, 3.05) is 5.43 Å². The van der Waals surface area contributed by atoms with Crippen molar-refractivity contribution in [1.29, 1.82) is 0 Å². The van der Waals surface area contributed by atoms with E-state index in [4.69, 9.17) is 5.84 Å². The van der Waals surface area contributed by atoms with Crippen molar-refractivity contribution in [1.82, 2.24) is 9.97 Å². The Hall–Kier alpha value is -2.46. The smallest absolute Gasteiger partial charge is 0.162 e. The predicted molar refractivity (Wildman–Crippen MR) is 72.8 cm³/mol. The van der Waals surface area contributed by atoms with E-state index in [9.17, 15) is 0 Å². The molecule has 1 aromatic heterocycles. The van der Waals surface area contributed by atoms with Crippen LogP contribution in [-0.2, 0) is 0 Å². The molecule has 1 heterocycles. The molecule has 0 aliphatic rings. The van der Waals surface area contributed by atoms with Crippen molar-refractivity contribution in [3.05, 3.63) is 54.6 Å². The standard InChI is InChI=1S/C14H12N4/c15-18-14-11-8-4-5-9-12(11)16-13(17-14)10-6-2-1-3-7-10/h1-9H,15H2,(H,16,17,18). The summed E-state index contributed by atoms with van der Waals surface area (Å²) in [6, 6.07) is 17.6. The van der Waals surface area contributed by atoms with Crippen LogP contribution in [0.1, 0.15) is 0 Å². The first-order valence-corrected chi connectivity index (χ1v) is 5.67. The lowest BCUT2D eigenvalue weighted by atomic mass is 10.2. The van der Waals surface area contributed by atoms with E-state index in [0.29, 0.717) is 11.6 Å². The van der Waals surface area contributed by atoms with Crippen molar-refractivity contribution in [3.8, 4) is 11.4 Å². The van der Waals surface area contributed by atoms with Crippen LogP contribution in [0.3, 0.4) is 0 Å². The zero-order valence-electron chi connectivity index (χ0n) is 9.67. The molecule has 4 nitrogen and oxygen atoms in total. The van der Waals surface area contributed by atoms with E-state index in [1.165, 1.54) is 0 Å². The maximum absolute atomic E-state index is 5.52. The minimum Gasteiger partial charge on any atom is -0.308 e. The second-order valence-electron chi connectivity index (χ2n) is 3.92. The van der Waals surface area contributed by atoms with E-state index in [1.54, 1.807) is 0 Å². The summed E-state index contributed by atoms with van der Waals surface area (Å²) in [6.07, 6.45) is 0. The van der Waals surface area contributed by atoms with Crippen LogP contribution in [0.25, 0.3) is 22.3 Å². The second-order valence-corrected chi connectivity index (χ2v) is 3.92. The molecule has 0 amide bonds. The summed E-state index contributed by atoms with van der Waals surface area (Å²) in [4.78, 5) is 8.99. The van der Waals surface area contributed by atoms with E-state index in [0.717, 1.165) is 16.5 Å². The van der Waals surface area contributed by atoms with Gasteiger partial charge >= 0.3 is 0 Å². The highest BCUT2D eigenvalue weighted by molar-refractivity contribution is 5.90. The summed E-state index contributed by atoms with van der Waals surface area (Å²) in [5.74, 6) is 6.83. The van der Waals surface area contributed by atoms with E-state index < -0.39 is 0 Å². The number of benzene rings is 2. The van der Waals surface area contributed by atoms with Gasteiger partial charge in [-0.2, -0.15) is 0 Å². The number of hydrogen-bond donors (Lipinski definition) is 2. The number of nitrogens with zero attached hydrogens (tertiary/aromatic N) is 2. The van der Waals surface area contributed by atoms with Crippen molar-refractivity contribution < 1.29 is 0 Å². The van der Waals surface area contributed by atoms with Crippen LogP contribution in [0.2, 0.25) is 0 Å². The van der Waals surface area contributed by atoms with Gasteiger partial charge in [0.15, 0.2) is 11.6 Å². The quantitative estimate of drug-likeness (QED) is 0.530. The third-order valence-electron chi connectivity index (χ3n) is 2.77. The van der Waals surface area contributed by atoms with E-state index in [2.05, 4.69) is 15.4 Å². The fourth-order valence-electron chi connectivity index (χ4n) is 1.90. The molecule has 3 N–H and O–H groups in total. The highest BCUT2D eigenvalue weighted by Crippen LogP contribution is 2.23. The summed E-state index contributed by atoms with van der Waals surface area (Å²) >= 11 is 0. The number of fused-ring (bicyclic) bond motifs is 1. The van der Waals surface area contributed by atoms with Gasteiger partial charge < -0.3 is 5.43 Å².